The second-order valence-electron chi connectivity index (χ2n) is 6.16. The third kappa shape index (κ3) is 5.44. The smallest absolute Gasteiger partial charge is 0.203 e. The zero-order valence-corrected chi connectivity index (χ0v) is 16.8. The van der Waals surface area contributed by atoms with Crippen LogP contribution in [0.3, 0.4) is 0 Å². The van der Waals surface area contributed by atoms with Crippen molar-refractivity contribution >= 4 is 22.7 Å². The largest absolute Gasteiger partial charge is 0.490 e. The van der Waals surface area contributed by atoms with E-state index in [2.05, 4.69) is 22.1 Å². The highest BCUT2D eigenvalue weighted by atomic mass is 32.1. The van der Waals surface area contributed by atoms with E-state index in [1.165, 1.54) is 11.3 Å². The van der Waals surface area contributed by atoms with Crippen LogP contribution in [-0.4, -0.2) is 24.4 Å². The zero-order chi connectivity index (χ0) is 19.8. The number of thiazole rings is 1. The van der Waals surface area contributed by atoms with E-state index in [4.69, 9.17) is 9.47 Å². The molecule has 144 valence electrons. The summed E-state index contributed by atoms with van der Waals surface area (Å²) in [6.45, 7) is 8.74. The van der Waals surface area contributed by atoms with Crippen LogP contribution in [-0.2, 0) is 0 Å². The van der Waals surface area contributed by atoms with E-state index in [9.17, 15) is 0 Å². The Morgan fingerprint density at radius 2 is 2.00 bits per heavy atom. The number of aromatic nitrogens is 1. The van der Waals surface area contributed by atoms with Gasteiger partial charge in [0.2, 0.25) is 5.13 Å². The lowest BCUT2D eigenvalue weighted by atomic mass is 10.2. The molecule has 2 aromatic carbocycles. The summed E-state index contributed by atoms with van der Waals surface area (Å²) in [6, 6.07) is 15.8. The van der Waals surface area contributed by atoms with Gasteiger partial charge in [-0.1, -0.05) is 36.9 Å². The van der Waals surface area contributed by atoms with Gasteiger partial charge in [-0.3, -0.25) is 5.43 Å². The third-order valence-electron chi connectivity index (χ3n) is 3.69. The van der Waals surface area contributed by atoms with Gasteiger partial charge in [-0.05, 0) is 43.2 Å². The van der Waals surface area contributed by atoms with E-state index in [0.717, 1.165) is 27.5 Å². The maximum absolute atomic E-state index is 5.73. The molecule has 0 aliphatic heterocycles. The predicted molar refractivity (Wildman–Crippen MR) is 117 cm³/mol. The second kappa shape index (κ2) is 9.71. The van der Waals surface area contributed by atoms with Crippen LogP contribution in [0.1, 0.15) is 19.4 Å². The van der Waals surface area contributed by atoms with Gasteiger partial charge in [0, 0.05) is 10.9 Å². The van der Waals surface area contributed by atoms with E-state index in [-0.39, 0.29) is 0 Å². The molecule has 0 amide bonds. The van der Waals surface area contributed by atoms with Crippen molar-refractivity contribution in [3.05, 3.63) is 71.6 Å². The van der Waals surface area contributed by atoms with Crippen molar-refractivity contribution in [2.45, 2.75) is 13.8 Å². The van der Waals surface area contributed by atoms with Crippen LogP contribution >= 0.6 is 11.3 Å². The topological polar surface area (TPSA) is 55.7 Å². The van der Waals surface area contributed by atoms with Crippen LogP contribution in [0, 0.1) is 0 Å². The monoisotopic (exact) mass is 393 g/mol. The number of ether oxygens (including phenoxy) is 2. The van der Waals surface area contributed by atoms with E-state index < -0.39 is 0 Å². The first-order valence-corrected chi connectivity index (χ1v) is 9.87. The SMILES string of the molecule is C=C(C)COc1ccc(C=NNc2nc(-c3ccccc3)cs2)cc1OCC. The van der Waals surface area contributed by atoms with Crippen LogP contribution in [0.15, 0.2) is 71.2 Å². The molecule has 0 unspecified atom stereocenters. The van der Waals surface area contributed by atoms with Crippen LogP contribution < -0.4 is 14.9 Å². The Morgan fingerprint density at radius 1 is 1.18 bits per heavy atom. The van der Waals surface area contributed by atoms with Gasteiger partial charge in [-0.15, -0.1) is 11.3 Å². The lowest BCUT2D eigenvalue weighted by molar-refractivity contribution is 0.293. The molecule has 0 aliphatic rings. The zero-order valence-electron chi connectivity index (χ0n) is 16.0. The van der Waals surface area contributed by atoms with Crippen LogP contribution in [0.25, 0.3) is 11.3 Å². The molecule has 1 heterocycles. The highest BCUT2D eigenvalue weighted by Crippen LogP contribution is 2.28. The van der Waals surface area contributed by atoms with Crippen molar-refractivity contribution in [1.82, 2.24) is 4.98 Å². The van der Waals surface area contributed by atoms with Crippen molar-refractivity contribution < 1.29 is 9.47 Å². The van der Waals surface area contributed by atoms with Crippen LogP contribution in [0.5, 0.6) is 11.5 Å². The van der Waals surface area contributed by atoms with Gasteiger partial charge in [-0.25, -0.2) is 4.98 Å². The standard InChI is InChI=1S/C22H23N3O2S/c1-4-26-21-12-17(10-11-20(21)27-14-16(2)3)13-23-25-22-24-19(15-28-22)18-8-6-5-7-9-18/h5-13,15H,2,4,14H2,1,3H3,(H,24,25). The number of hydrazone groups is 1. The Balaban J connectivity index is 1.66. The summed E-state index contributed by atoms with van der Waals surface area (Å²) in [7, 11) is 0. The fourth-order valence-corrected chi connectivity index (χ4v) is 3.09. The molecule has 5 nitrogen and oxygen atoms in total. The molecule has 0 fully saturated rings. The first-order valence-electron chi connectivity index (χ1n) is 8.99. The molecule has 0 spiro atoms. The molecule has 3 aromatic rings. The number of hydrogen-bond acceptors (Lipinski definition) is 6. The Morgan fingerprint density at radius 3 is 2.75 bits per heavy atom. The van der Waals surface area contributed by atoms with Gasteiger partial charge >= 0.3 is 0 Å². The minimum absolute atomic E-state index is 0.461. The van der Waals surface area contributed by atoms with Crippen molar-refractivity contribution in [3.63, 3.8) is 0 Å². The summed E-state index contributed by atoms with van der Waals surface area (Å²) in [4.78, 5) is 4.55. The number of anilines is 1. The first kappa shape index (κ1) is 19.6. The summed E-state index contributed by atoms with van der Waals surface area (Å²) in [5, 5.41) is 7.03. The lowest BCUT2D eigenvalue weighted by Crippen LogP contribution is -2.02. The summed E-state index contributed by atoms with van der Waals surface area (Å²) in [6.07, 6.45) is 1.73. The summed E-state index contributed by atoms with van der Waals surface area (Å²) in [5.74, 6) is 1.38. The maximum Gasteiger partial charge on any atom is 0.203 e. The molecule has 0 aliphatic carbocycles. The number of nitrogens with one attached hydrogen (secondary N) is 1. The number of benzene rings is 2. The predicted octanol–water partition coefficient (Wildman–Crippen LogP) is 5.61. The van der Waals surface area contributed by atoms with Gasteiger partial charge in [0.05, 0.1) is 18.5 Å². The number of rotatable bonds is 9. The minimum atomic E-state index is 0.461. The normalized spacial score (nSPS) is 10.8. The van der Waals surface area contributed by atoms with E-state index in [1.54, 1.807) is 6.21 Å². The van der Waals surface area contributed by atoms with Crippen molar-refractivity contribution in [2.24, 2.45) is 5.10 Å². The Kier molecular flexibility index (Phi) is 6.81. The van der Waals surface area contributed by atoms with Gasteiger partial charge < -0.3 is 9.47 Å². The van der Waals surface area contributed by atoms with E-state index in [0.29, 0.717) is 24.7 Å². The van der Waals surface area contributed by atoms with Crippen LogP contribution in [0.2, 0.25) is 0 Å². The molecule has 0 saturated heterocycles. The lowest BCUT2D eigenvalue weighted by Gasteiger charge is -2.12. The highest BCUT2D eigenvalue weighted by molar-refractivity contribution is 7.14. The Hall–Kier alpha value is -3.12. The number of nitrogens with zero attached hydrogens (tertiary/aromatic N) is 2. The molecule has 6 heteroatoms. The summed E-state index contributed by atoms with van der Waals surface area (Å²) >= 11 is 1.51. The third-order valence-corrected chi connectivity index (χ3v) is 4.44. The van der Waals surface area contributed by atoms with E-state index in [1.807, 2.05) is 67.8 Å². The molecule has 1 aromatic heterocycles. The number of hydrogen-bond donors (Lipinski definition) is 1. The van der Waals surface area contributed by atoms with Crippen LogP contribution in [0.4, 0.5) is 5.13 Å². The van der Waals surface area contributed by atoms with E-state index >= 15 is 0 Å². The molecule has 28 heavy (non-hydrogen) atoms. The van der Waals surface area contributed by atoms with Crippen molar-refractivity contribution in [3.8, 4) is 22.8 Å². The minimum Gasteiger partial charge on any atom is -0.490 e. The summed E-state index contributed by atoms with van der Waals surface area (Å²) in [5.41, 5.74) is 6.86. The van der Waals surface area contributed by atoms with Crippen molar-refractivity contribution in [1.29, 1.82) is 0 Å². The quantitative estimate of drug-likeness (QED) is 0.292. The molecule has 0 saturated carbocycles. The Bertz CT molecular complexity index is 951. The fourth-order valence-electron chi connectivity index (χ4n) is 2.42. The molecule has 0 atom stereocenters. The average Bonchev–Trinajstić information content (AvgIpc) is 3.17. The first-order chi connectivity index (χ1) is 13.7. The highest BCUT2D eigenvalue weighted by Gasteiger charge is 2.06. The van der Waals surface area contributed by atoms with Gasteiger partial charge in [-0.2, -0.15) is 5.10 Å². The molecule has 0 bridgehead atoms. The fraction of sp³-hybridized carbons (Fsp3) is 0.182. The van der Waals surface area contributed by atoms with Gasteiger partial charge in [0.25, 0.3) is 0 Å². The van der Waals surface area contributed by atoms with Gasteiger partial charge in [0.1, 0.15) is 6.61 Å². The average molecular weight is 394 g/mol. The Labute approximate surface area is 169 Å². The molecule has 0 radical (unpaired) electrons. The van der Waals surface area contributed by atoms with Gasteiger partial charge in [0.15, 0.2) is 11.5 Å². The molecule has 3 rings (SSSR count). The molecule has 1 N–H and O–H groups in total. The molecular weight excluding hydrogens is 370 g/mol. The molecular formula is C22H23N3O2S. The second-order valence-corrected chi connectivity index (χ2v) is 7.02. The maximum atomic E-state index is 5.73. The van der Waals surface area contributed by atoms with Crippen molar-refractivity contribution in [2.75, 3.05) is 18.6 Å². The summed E-state index contributed by atoms with van der Waals surface area (Å²) < 4.78 is 11.4.